The van der Waals surface area contributed by atoms with Crippen LogP contribution >= 0.6 is 23.1 Å². The van der Waals surface area contributed by atoms with Crippen molar-refractivity contribution < 1.29 is 9.32 Å². The molecule has 2 heterocycles. The number of rotatable bonds is 6. The van der Waals surface area contributed by atoms with Crippen LogP contribution in [0.15, 0.2) is 51.2 Å². The van der Waals surface area contributed by atoms with Crippen molar-refractivity contribution in [3.8, 4) is 11.5 Å². The molecule has 0 saturated heterocycles. The van der Waals surface area contributed by atoms with Gasteiger partial charge in [-0.05, 0) is 30.5 Å². The summed E-state index contributed by atoms with van der Waals surface area (Å²) in [6.07, 6.45) is 0.444. The molecule has 118 valence electrons. The maximum absolute atomic E-state index is 12.1. The molecule has 0 aliphatic carbocycles. The minimum atomic E-state index is -0.0200. The van der Waals surface area contributed by atoms with E-state index in [1.165, 1.54) is 16.2 Å². The first-order valence-electron chi connectivity index (χ1n) is 7.08. The van der Waals surface area contributed by atoms with Crippen molar-refractivity contribution in [2.24, 2.45) is 0 Å². The summed E-state index contributed by atoms with van der Waals surface area (Å²) in [6.45, 7) is 1.76. The first kappa shape index (κ1) is 15.8. The van der Waals surface area contributed by atoms with Crippen molar-refractivity contribution in [1.29, 1.82) is 0 Å². The van der Waals surface area contributed by atoms with Gasteiger partial charge in [-0.2, -0.15) is 4.98 Å². The van der Waals surface area contributed by atoms with Crippen LogP contribution in [-0.4, -0.2) is 21.8 Å². The normalized spacial score (nSPS) is 10.7. The van der Waals surface area contributed by atoms with E-state index in [4.69, 9.17) is 4.52 Å². The van der Waals surface area contributed by atoms with E-state index >= 15 is 0 Å². The summed E-state index contributed by atoms with van der Waals surface area (Å²) in [4.78, 5) is 17.5. The van der Waals surface area contributed by atoms with Crippen LogP contribution in [-0.2, 0) is 4.79 Å². The van der Waals surface area contributed by atoms with Crippen LogP contribution in [0.25, 0.3) is 11.5 Å². The van der Waals surface area contributed by atoms with E-state index in [2.05, 4.69) is 15.5 Å². The van der Waals surface area contributed by atoms with E-state index in [0.29, 0.717) is 18.1 Å². The van der Waals surface area contributed by atoms with Crippen LogP contribution in [0.1, 0.15) is 12.2 Å². The fraction of sp³-hybridized carbons (Fsp3) is 0.188. The van der Waals surface area contributed by atoms with Gasteiger partial charge >= 0.3 is 0 Å². The summed E-state index contributed by atoms with van der Waals surface area (Å²) in [5, 5.41) is 9.33. The van der Waals surface area contributed by atoms with Gasteiger partial charge in [-0.1, -0.05) is 23.4 Å². The summed E-state index contributed by atoms with van der Waals surface area (Å²) in [5.41, 5.74) is 0.764. The van der Waals surface area contributed by atoms with Gasteiger partial charge in [0.05, 0.1) is 5.56 Å². The van der Waals surface area contributed by atoms with E-state index in [1.54, 1.807) is 18.7 Å². The van der Waals surface area contributed by atoms with Gasteiger partial charge in [0.2, 0.25) is 5.91 Å². The van der Waals surface area contributed by atoms with Crippen LogP contribution in [0.2, 0.25) is 0 Å². The molecule has 0 spiro atoms. The van der Waals surface area contributed by atoms with Crippen molar-refractivity contribution in [2.45, 2.75) is 18.2 Å². The Labute approximate surface area is 142 Å². The summed E-state index contributed by atoms with van der Waals surface area (Å²) in [5.74, 6) is 1.71. The van der Waals surface area contributed by atoms with Crippen molar-refractivity contribution >= 4 is 34.0 Å². The highest BCUT2D eigenvalue weighted by Crippen LogP contribution is 2.32. The van der Waals surface area contributed by atoms with E-state index < -0.39 is 0 Å². The third-order valence-corrected chi connectivity index (χ3v) is 4.86. The molecule has 0 aliphatic rings. The van der Waals surface area contributed by atoms with Crippen molar-refractivity contribution in [3.05, 3.63) is 47.6 Å². The fourth-order valence-corrected chi connectivity index (χ4v) is 3.62. The molecular weight excluding hydrogens is 330 g/mol. The van der Waals surface area contributed by atoms with Crippen LogP contribution in [0, 0.1) is 6.92 Å². The van der Waals surface area contributed by atoms with Gasteiger partial charge in [0, 0.05) is 17.1 Å². The van der Waals surface area contributed by atoms with Crippen molar-refractivity contribution in [1.82, 2.24) is 10.1 Å². The maximum atomic E-state index is 12.1. The van der Waals surface area contributed by atoms with Crippen LogP contribution in [0.3, 0.4) is 0 Å². The second kappa shape index (κ2) is 7.43. The summed E-state index contributed by atoms with van der Waals surface area (Å²) in [6, 6.07) is 11.9. The Morgan fingerprint density at radius 2 is 2.13 bits per heavy atom. The van der Waals surface area contributed by atoms with Crippen molar-refractivity contribution in [2.75, 3.05) is 11.1 Å². The van der Waals surface area contributed by atoms with Crippen LogP contribution < -0.4 is 5.32 Å². The number of aryl methyl sites for hydroxylation is 1. The molecule has 0 fully saturated rings. The highest BCUT2D eigenvalue weighted by atomic mass is 32.2. The number of hydrogen-bond donors (Lipinski definition) is 1. The highest BCUT2D eigenvalue weighted by Gasteiger charge is 2.15. The molecule has 1 N–H and O–H groups in total. The van der Waals surface area contributed by atoms with Gasteiger partial charge in [0.15, 0.2) is 5.82 Å². The predicted octanol–water partition coefficient (Wildman–Crippen LogP) is 4.23. The zero-order chi connectivity index (χ0) is 16.1. The van der Waals surface area contributed by atoms with Crippen molar-refractivity contribution in [3.63, 3.8) is 0 Å². The average Bonchev–Trinajstić information content (AvgIpc) is 3.17. The molecule has 5 nitrogen and oxygen atoms in total. The standard InChI is InChI=1S/C16H15N3O2S2/c1-11-17-15(21-19-11)13-7-9-23-16(13)18-14(20)8-10-22-12-5-3-2-4-6-12/h2-7,9H,8,10H2,1H3,(H,18,20). The number of nitrogens with one attached hydrogen (secondary N) is 1. The number of carbonyl (C=O) groups excluding carboxylic acids is 1. The number of benzene rings is 1. The molecule has 0 aliphatic heterocycles. The first-order valence-corrected chi connectivity index (χ1v) is 8.95. The minimum absolute atomic E-state index is 0.0200. The number of aromatic nitrogens is 2. The molecule has 23 heavy (non-hydrogen) atoms. The van der Waals surface area contributed by atoms with Crippen LogP contribution in [0.5, 0.6) is 0 Å². The fourth-order valence-electron chi connectivity index (χ4n) is 1.95. The molecular formula is C16H15N3O2S2. The zero-order valence-electron chi connectivity index (χ0n) is 12.5. The minimum Gasteiger partial charge on any atom is -0.334 e. The molecule has 3 aromatic rings. The van der Waals surface area contributed by atoms with E-state index in [-0.39, 0.29) is 5.91 Å². The second-order valence-corrected chi connectivity index (χ2v) is 6.85. The van der Waals surface area contributed by atoms with Gasteiger partial charge in [-0.3, -0.25) is 4.79 Å². The summed E-state index contributed by atoms with van der Waals surface area (Å²) < 4.78 is 5.16. The van der Waals surface area contributed by atoms with Gasteiger partial charge in [-0.25, -0.2) is 0 Å². The molecule has 1 aromatic carbocycles. The predicted molar refractivity (Wildman–Crippen MR) is 92.8 cm³/mol. The third-order valence-electron chi connectivity index (χ3n) is 3.02. The van der Waals surface area contributed by atoms with E-state index in [9.17, 15) is 4.79 Å². The molecule has 0 bridgehead atoms. The van der Waals surface area contributed by atoms with Gasteiger partial charge < -0.3 is 9.84 Å². The lowest BCUT2D eigenvalue weighted by molar-refractivity contribution is -0.115. The number of carbonyl (C=O) groups is 1. The van der Waals surface area contributed by atoms with Gasteiger partial charge in [0.1, 0.15) is 5.00 Å². The molecule has 1 amide bonds. The Morgan fingerprint density at radius 3 is 2.87 bits per heavy atom. The molecule has 7 heteroatoms. The van der Waals surface area contributed by atoms with Gasteiger partial charge in [0.25, 0.3) is 5.89 Å². The van der Waals surface area contributed by atoms with Gasteiger partial charge in [-0.15, -0.1) is 23.1 Å². The number of thioether (sulfide) groups is 1. The molecule has 0 radical (unpaired) electrons. The monoisotopic (exact) mass is 345 g/mol. The lowest BCUT2D eigenvalue weighted by Gasteiger charge is -2.04. The zero-order valence-corrected chi connectivity index (χ0v) is 14.1. The smallest absolute Gasteiger partial charge is 0.260 e. The van der Waals surface area contributed by atoms with E-state index in [1.807, 2.05) is 41.8 Å². The average molecular weight is 345 g/mol. The largest absolute Gasteiger partial charge is 0.334 e. The Bertz CT molecular complexity index is 783. The lowest BCUT2D eigenvalue weighted by Crippen LogP contribution is -2.11. The SMILES string of the molecule is Cc1noc(-c2ccsc2NC(=O)CCSc2ccccc2)n1. The number of nitrogens with zero attached hydrogens (tertiary/aromatic N) is 2. The second-order valence-electron chi connectivity index (χ2n) is 4.77. The third kappa shape index (κ3) is 4.20. The molecule has 0 atom stereocenters. The number of anilines is 1. The molecule has 2 aromatic heterocycles. The maximum Gasteiger partial charge on any atom is 0.260 e. The Balaban J connectivity index is 1.55. The Morgan fingerprint density at radius 1 is 1.30 bits per heavy atom. The summed E-state index contributed by atoms with van der Waals surface area (Å²) in [7, 11) is 0. The molecule has 3 rings (SSSR count). The first-order chi connectivity index (χ1) is 11.2. The van der Waals surface area contributed by atoms with Crippen LogP contribution in [0.4, 0.5) is 5.00 Å². The quantitative estimate of drug-likeness (QED) is 0.677. The Kier molecular flexibility index (Phi) is 5.09. The number of thiophene rings is 1. The Hall–Kier alpha value is -2.12. The highest BCUT2D eigenvalue weighted by molar-refractivity contribution is 7.99. The topological polar surface area (TPSA) is 68.0 Å². The lowest BCUT2D eigenvalue weighted by atomic mass is 10.3. The molecule has 0 saturated carbocycles. The summed E-state index contributed by atoms with van der Waals surface area (Å²) >= 11 is 3.11. The number of hydrogen-bond acceptors (Lipinski definition) is 6. The molecule has 0 unspecified atom stereocenters. The number of amides is 1. The van der Waals surface area contributed by atoms with E-state index in [0.717, 1.165) is 16.3 Å².